The van der Waals surface area contributed by atoms with Gasteiger partial charge in [0.1, 0.15) is 23.4 Å². The van der Waals surface area contributed by atoms with E-state index in [4.69, 9.17) is 37.9 Å². The van der Waals surface area contributed by atoms with Crippen LogP contribution in [0, 0.1) is 29.1 Å². The first-order chi connectivity index (χ1) is 26.5. The minimum absolute atomic E-state index is 0.125. The fraction of sp³-hybridized carbons (Fsp3) is 0.643. The predicted molar refractivity (Wildman–Crippen MR) is 198 cm³/mol. The number of hydrogen-bond donors (Lipinski definition) is 0. The summed E-state index contributed by atoms with van der Waals surface area (Å²) in [6.07, 6.45) is -3.23. The predicted octanol–water partition coefficient (Wildman–Crippen LogP) is 4.61. The first kappa shape index (κ1) is 43.3. The standard InChI is InChI=1S/C42H54O15/c1-12-30(47)53-33-31-34(52-24(5)44)41-21-50-40(11,32(41)28(38(8,9)55-25(6)45)18-19-29(41)51-23(4)43)37(54-36(49)27-16-14-13-15-17-27)42(31,56-26(7)46)20-39(33,10)57-35(48)22(2)3/h13-19,22,28-29,31-34,37H,12,20-21H2,1-11H3. The molecule has 1 saturated heterocycles. The second-order valence-electron chi connectivity index (χ2n) is 16.8. The quantitative estimate of drug-likeness (QED) is 0.171. The number of carbonyl (C=O) groups excluding carboxylic acids is 7. The van der Waals surface area contributed by atoms with Crippen LogP contribution in [0.25, 0.3) is 0 Å². The third-order valence-corrected chi connectivity index (χ3v) is 11.9. The maximum atomic E-state index is 14.4. The lowest BCUT2D eigenvalue weighted by atomic mass is 9.53. The normalized spacial score (nSPS) is 35.1. The van der Waals surface area contributed by atoms with Gasteiger partial charge in [0, 0.05) is 52.4 Å². The van der Waals surface area contributed by atoms with Crippen LogP contribution in [0.1, 0.15) is 99.4 Å². The van der Waals surface area contributed by atoms with Crippen molar-refractivity contribution in [2.75, 3.05) is 6.61 Å². The summed E-state index contributed by atoms with van der Waals surface area (Å²) in [4.78, 5) is 94.3. The van der Waals surface area contributed by atoms with Gasteiger partial charge in [-0.1, -0.05) is 45.0 Å². The van der Waals surface area contributed by atoms with Gasteiger partial charge in [0.25, 0.3) is 0 Å². The summed E-state index contributed by atoms with van der Waals surface area (Å²) in [7, 11) is 0. The molecule has 5 rings (SSSR count). The Bertz CT molecular complexity index is 1820. The Hall–Kier alpha value is -4.79. The lowest BCUT2D eigenvalue weighted by Crippen LogP contribution is -2.64. The maximum Gasteiger partial charge on any atom is 0.338 e. The van der Waals surface area contributed by atoms with Gasteiger partial charge in [-0.15, -0.1) is 0 Å². The molecular weight excluding hydrogens is 744 g/mol. The summed E-state index contributed by atoms with van der Waals surface area (Å²) < 4.78 is 50.8. The van der Waals surface area contributed by atoms with Crippen LogP contribution in [0.5, 0.6) is 0 Å². The van der Waals surface area contributed by atoms with Gasteiger partial charge in [0.2, 0.25) is 0 Å². The van der Waals surface area contributed by atoms with Crippen molar-refractivity contribution in [2.45, 2.75) is 136 Å². The highest BCUT2D eigenvalue weighted by Gasteiger charge is 2.85. The number of benzene rings is 1. The molecule has 3 fully saturated rings. The van der Waals surface area contributed by atoms with Crippen LogP contribution in [0.2, 0.25) is 0 Å². The van der Waals surface area contributed by atoms with E-state index in [0.717, 1.165) is 13.8 Å². The van der Waals surface area contributed by atoms with E-state index in [2.05, 4.69) is 0 Å². The molecule has 15 heteroatoms. The number of fused-ring (bicyclic) bond motifs is 1. The van der Waals surface area contributed by atoms with Gasteiger partial charge in [0.15, 0.2) is 23.4 Å². The summed E-state index contributed by atoms with van der Waals surface area (Å²) >= 11 is 0. The highest BCUT2D eigenvalue weighted by Crippen LogP contribution is 2.70. The number of rotatable bonds is 11. The summed E-state index contributed by atoms with van der Waals surface area (Å²) in [5.41, 5.74) is -8.62. The molecular formula is C42H54O15. The molecule has 11 atom stereocenters. The molecule has 1 aliphatic heterocycles. The molecule has 1 heterocycles. The fourth-order valence-corrected chi connectivity index (χ4v) is 10.0. The minimum atomic E-state index is -2.16. The van der Waals surface area contributed by atoms with Crippen LogP contribution >= 0.6 is 0 Å². The topological polar surface area (TPSA) is 193 Å². The van der Waals surface area contributed by atoms with E-state index < -0.39 is 124 Å². The van der Waals surface area contributed by atoms with Gasteiger partial charge < -0.3 is 37.9 Å². The third-order valence-electron chi connectivity index (χ3n) is 11.9. The Morgan fingerprint density at radius 1 is 0.807 bits per heavy atom. The summed E-state index contributed by atoms with van der Waals surface area (Å²) in [5, 5.41) is 0. The molecule has 312 valence electrons. The van der Waals surface area contributed by atoms with E-state index in [1.54, 1.807) is 71.9 Å². The molecule has 0 aromatic heterocycles. The molecule has 1 aromatic rings. The highest BCUT2D eigenvalue weighted by molar-refractivity contribution is 5.89. The number of ether oxygens (including phenoxy) is 8. The maximum absolute atomic E-state index is 14.4. The molecule has 2 bridgehead atoms. The zero-order valence-electron chi connectivity index (χ0n) is 34.4. The van der Waals surface area contributed by atoms with Gasteiger partial charge in [-0.25, -0.2) is 4.79 Å². The van der Waals surface area contributed by atoms with Gasteiger partial charge in [0.05, 0.1) is 29.4 Å². The van der Waals surface area contributed by atoms with Crippen molar-refractivity contribution in [1.29, 1.82) is 0 Å². The van der Waals surface area contributed by atoms with E-state index in [1.807, 2.05) is 0 Å². The monoisotopic (exact) mass is 798 g/mol. The SMILES string of the molecule is CCC(=O)OC1C2C(OC(C)=O)C34COC(C)(C(OC(=O)c5ccccc5)C2(OC(C)=O)CC1(C)OC(=O)C(C)C)C3C(C(C)(C)OC(C)=O)C=CC4OC(C)=O. The van der Waals surface area contributed by atoms with Crippen LogP contribution in [-0.2, 0) is 66.7 Å². The first-order valence-corrected chi connectivity index (χ1v) is 19.2. The molecule has 57 heavy (non-hydrogen) atoms. The van der Waals surface area contributed by atoms with Crippen molar-refractivity contribution in [3.8, 4) is 0 Å². The lowest BCUT2D eigenvalue weighted by Gasteiger charge is -2.53. The van der Waals surface area contributed by atoms with Gasteiger partial charge in [-0.2, -0.15) is 0 Å². The van der Waals surface area contributed by atoms with E-state index in [1.165, 1.54) is 32.9 Å². The van der Waals surface area contributed by atoms with Crippen molar-refractivity contribution >= 4 is 41.8 Å². The largest absolute Gasteiger partial charge is 0.461 e. The number of carbonyl (C=O) groups is 7. The Balaban J connectivity index is 1.97. The molecule has 0 amide bonds. The average molecular weight is 799 g/mol. The molecule has 2 saturated carbocycles. The van der Waals surface area contributed by atoms with Crippen LogP contribution in [0.15, 0.2) is 42.5 Å². The Morgan fingerprint density at radius 3 is 1.98 bits per heavy atom. The molecule has 15 nitrogen and oxygen atoms in total. The molecule has 1 aromatic carbocycles. The summed E-state index contributed by atoms with van der Waals surface area (Å²) in [6.45, 7) is 15.7. The molecule has 4 aliphatic rings. The van der Waals surface area contributed by atoms with Crippen molar-refractivity contribution in [3.63, 3.8) is 0 Å². The van der Waals surface area contributed by atoms with Gasteiger partial charge >= 0.3 is 41.8 Å². The second kappa shape index (κ2) is 15.5. The zero-order chi connectivity index (χ0) is 42.5. The third kappa shape index (κ3) is 7.54. The van der Waals surface area contributed by atoms with Crippen LogP contribution in [0.4, 0.5) is 0 Å². The Labute approximate surface area is 332 Å². The lowest BCUT2D eigenvalue weighted by molar-refractivity contribution is -0.239. The van der Waals surface area contributed by atoms with Crippen LogP contribution < -0.4 is 0 Å². The second-order valence-corrected chi connectivity index (χ2v) is 16.8. The van der Waals surface area contributed by atoms with Crippen molar-refractivity contribution in [3.05, 3.63) is 48.0 Å². The summed E-state index contributed by atoms with van der Waals surface area (Å²) in [6, 6.07) is 8.04. The highest BCUT2D eigenvalue weighted by atomic mass is 16.6. The number of esters is 7. The van der Waals surface area contributed by atoms with Crippen molar-refractivity contribution in [2.24, 2.45) is 29.1 Å². The zero-order valence-corrected chi connectivity index (χ0v) is 34.4. The smallest absolute Gasteiger partial charge is 0.338 e. The average Bonchev–Trinajstić information content (AvgIpc) is 3.52. The molecule has 0 N–H and O–H groups in total. The van der Waals surface area contributed by atoms with Gasteiger partial charge in [-0.05, 0) is 45.9 Å². The van der Waals surface area contributed by atoms with Crippen molar-refractivity contribution in [1.82, 2.24) is 0 Å². The first-order valence-electron chi connectivity index (χ1n) is 19.2. The number of hydrogen-bond acceptors (Lipinski definition) is 15. The van der Waals surface area contributed by atoms with Crippen LogP contribution in [-0.4, -0.2) is 95.2 Å². The van der Waals surface area contributed by atoms with E-state index >= 15 is 0 Å². The molecule has 0 radical (unpaired) electrons. The van der Waals surface area contributed by atoms with Crippen LogP contribution in [0.3, 0.4) is 0 Å². The molecule has 0 spiro atoms. The summed E-state index contributed by atoms with van der Waals surface area (Å²) in [5.74, 6) is -9.29. The van der Waals surface area contributed by atoms with E-state index in [-0.39, 0.29) is 18.6 Å². The fourth-order valence-electron chi connectivity index (χ4n) is 10.0. The van der Waals surface area contributed by atoms with E-state index in [9.17, 15) is 33.6 Å². The molecule has 11 unspecified atom stereocenters. The van der Waals surface area contributed by atoms with Gasteiger partial charge in [-0.3, -0.25) is 28.8 Å². The minimum Gasteiger partial charge on any atom is -0.461 e. The Kier molecular flexibility index (Phi) is 11.8. The van der Waals surface area contributed by atoms with E-state index in [0.29, 0.717) is 0 Å². The van der Waals surface area contributed by atoms with Crippen molar-refractivity contribution < 1.29 is 71.5 Å². The Morgan fingerprint density at radius 2 is 1.44 bits per heavy atom. The molecule has 3 aliphatic carbocycles.